The van der Waals surface area contributed by atoms with E-state index in [1.165, 1.54) is 23.1 Å². The lowest BCUT2D eigenvalue weighted by Crippen LogP contribution is -2.09. The summed E-state index contributed by atoms with van der Waals surface area (Å²) in [7, 11) is 3.41. The highest BCUT2D eigenvalue weighted by atomic mass is 16.5. The molecule has 0 radical (unpaired) electrons. The third-order valence-corrected chi connectivity index (χ3v) is 4.38. The molecule has 22 heavy (non-hydrogen) atoms. The van der Waals surface area contributed by atoms with Gasteiger partial charge in [-0.15, -0.1) is 0 Å². The molecule has 0 spiro atoms. The third-order valence-electron chi connectivity index (χ3n) is 4.38. The minimum atomic E-state index is 0.384. The number of fused-ring (bicyclic) bond motifs is 1. The standard InChI is InChI=1S/C19H23NO2/c1-12(2)15-9-16(18(22-4)10-17(15)21-3)19-14-8-6-5-7-13(14)11-20-19/h8-12H,5-7H2,1-4H3. The molecule has 0 atom stereocenters. The Balaban J connectivity index is 2.11. The van der Waals surface area contributed by atoms with E-state index in [-0.39, 0.29) is 0 Å². The molecule has 2 aliphatic rings. The summed E-state index contributed by atoms with van der Waals surface area (Å²) in [6.45, 7) is 4.35. The Morgan fingerprint density at radius 1 is 1.09 bits per heavy atom. The van der Waals surface area contributed by atoms with E-state index in [0.717, 1.165) is 35.6 Å². The van der Waals surface area contributed by atoms with Crippen LogP contribution in [0, 0.1) is 0 Å². The first kappa shape index (κ1) is 14.9. The molecule has 1 aromatic carbocycles. The van der Waals surface area contributed by atoms with Gasteiger partial charge in [0.15, 0.2) is 0 Å². The Labute approximate surface area is 132 Å². The fourth-order valence-electron chi connectivity index (χ4n) is 3.17. The molecule has 3 nitrogen and oxygen atoms in total. The lowest BCUT2D eigenvalue weighted by molar-refractivity contribution is 0.389. The van der Waals surface area contributed by atoms with Crippen molar-refractivity contribution < 1.29 is 9.47 Å². The van der Waals surface area contributed by atoms with E-state index < -0.39 is 0 Å². The first-order valence-electron chi connectivity index (χ1n) is 7.89. The largest absolute Gasteiger partial charge is 0.496 e. The van der Waals surface area contributed by atoms with Crippen LogP contribution in [0.2, 0.25) is 0 Å². The van der Waals surface area contributed by atoms with Crippen molar-refractivity contribution in [3.8, 4) is 11.5 Å². The second-order valence-corrected chi connectivity index (χ2v) is 6.09. The van der Waals surface area contributed by atoms with Gasteiger partial charge >= 0.3 is 0 Å². The van der Waals surface area contributed by atoms with E-state index in [2.05, 4.69) is 31.0 Å². The molecule has 0 saturated heterocycles. The Bertz CT molecular complexity index is 681. The molecule has 0 fully saturated rings. The highest BCUT2D eigenvalue weighted by Crippen LogP contribution is 2.38. The number of methoxy groups -OCH3 is 2. The molecule has 0 N–H and O–H groups in total. The summed E-state index contributed by atoms with van der Waals surface area (Å²) in [6.07, 6.45) is 7.78. The van der Waals surface area contributed by atoms with Gasteiger partial charge in [0.25, 0.3) is 0 Å². The van der Waals surface area contributed by atoms with Gasteiger partial charge in [0.2, 0.25) is 0 Å². The van der Waals surface area contributed by atoms with Crippen LogP contribution in [0.15, 0.2) is 40.5 Å². The average molecular weight is 297 g/mol. The molecule has 3 rings (SSSR count). The molecule has 1 aliphatic carbocycles. The molecule has 3 heteroatoms. The molecule has 0 saturated carbocycles. The maximum Gasteiger partial charge on any atom is 0.131 e. The Morgan fingerprint density at radius 2 is 1.86 bits per heavy atom. The lowest BCUT2D eigenvalue weighted by atomic mass is 9.88. The summed E-state index contributed by atoms with van der Waals surface area (Å²) in [5.41, 5.74) is 5.92. The van der Waals surface area contributed by atoms with Crippen LogP contribution in [-0.4, -0.2) is 19.9 Å². The highest BCUT2D eigenvalue weighted by Gasteiger charge is 2.25. The molecule has 0 amide bonds. The van der Waals surface area contributed by atoms with Crippen LogP contribution in [0.3, 0.4) is 0 Å². The van der Waals surface area contributed by atoms with Crippen LogP contribution < -0.4 is 9.47 Å². The Hall–Kier alpha value is -2.03. The predicted molar refractivity (Wildman–Crippen MR) is 90.2 cm³/mol. The maximum atomic E-state index is 5.60. The first-order chi connectivity index (χ1) is 10.7. The monoisotopic (exact) mass is 297 g/mol. The number of benzene rings is 1. The highest BCUT2D eigenvalue weighted by molar-refractivity contribution is 6.18. The van der Waals surface area contributed by atoms with Crippen molar-refractivity contribution >= 4 is 5.71 Å². The second kappa shape index (κ2) is 5.99. The van der Waals surface area contributed by atoms with E-state index >= 15 is 0 Å². The van der Waals surface area contributed by atoms with Crippen LogP contribution >= 0.6 is 0 Å². The molecule has 0 unspecified atom stereocenters. The van der Waals surface area contributed by atoms with E-state index in [4.69, 9.17) is 9.47 Å². The number of aliphatic imine (C=N–C) groups is 1. The minimum absolute atomic E-state index is 0.384. The molecule has 0 bridgehead atoms. The fourth-order valence-corrected chi connectivity index (χ4v) is 3.17. The van der Waals surface area contributed by atoms with Crippen molar-refractivity contribution in [1.29, 1.82) is 0 Å². The van der Waals surface area contributed by atoms with Gasteiger partial charge in [-0.3, -0.25) is 4.99 Å². The number of ether oxygens (including phenoxy) is 2. The normalized spacial score (nSPS) is 16.9. The minimum Gasteiger partial charge on any atom is -0.496 e. The summed E-state index contributed by atoms with van der Waals surface area (Å²) in [6, 6.07) is 4.15. The van der Waals surface area contributed by atoms with Crippen LogP contribution in [0.5, 0.6) is 11.5 Å². The smallest absolute Gasteiger partial charge is 0.131 e. The van der Waals surface area contributed by atoms with E-state index in [0.29, 0.717) is 5.92 Å². The summed E-state index contributed by atoms with van der Waals surface area (Å²) >= 11 is 0. The summed E-state index contributed by atoms with van der Waals surface area (Å²) < 4.78 is 11.1. The second-order valence-electron chi connectivity index (χ2n) is 6.09. The van der Waals surface area contributed by atoms with E-state index in [1.807, 2.05) is 12.3 Å². The van der Waals surface area contributed by atoms with Gasteiger partial charge in [0, 0.05) is 23.4 Å². The van der Waals surface area contributed by atoms with Crippen molar-refractivity contribution in [1.82, 2.24) is 0 Å². The predicted octanol–water partition coefficient (Wildman–Crippen LogP) is 4.62. The Morgan fingerprint density at radius 3 is 2.55 bits per heavy atom. The molecular weight excluding hydrogens is 274 g/mol. The number of hydrogen-bond donors (Lipinski definition) is 0. The zero-order valence-corrected chi connectivity index (χ0v) is 13.8. The summed E-state index contributed by atoms with van der Waals surface area (Å²) in [5, 5.41) is 0. The quantitative estimate of drug-likeness (QED) is 0.811. The van der Waals surface area contributed by atoms with E-state index in [1.54, 1.807) is 14.2 Å². The zero-order valence-electron chi connectivity index (χ0n) is 13.8. The number of allylic oxidation sites excluding steroid dienone is 3. The third kappa shape index (κ3) is 2.45. The molecule has 1 heterocycles. The van der Waals surface area contributed by atoms with Gasteiger partial charge in [-0.05, 0) is 42.4 Å². The van der Waals surface area contributed by atoms with Crippen molar-refractivity contribution in [2.75, 3.05) is 14.2 Å². The van der Waals surface area contributed by atoms with Gasteiger partial charge < -0.3 is 9.47 Å². The van der Waals surface area contributed by atoms with Crippen LogP contribution in [0.25, 0.3) is 0 Å². The summed E-state index contributed by atoms with van der Waals surface area (Å²) in [5.74, 6) is 2.08. The summed E-state index contributed by atoms with van der Waals surface area (Å²) in [4.78, 5) is 4.68. The van der Waals surface area contributed by atoms with Gasteiger partial charge in [0.05, 0.1) is 19.9 Å². The van der Waals surface area contributed by atoms with Crippen LogP contribution in [0.1, 0.15) is 50.2 Å². The molecule has 116 valence electrons. The van der Waals surface area contributed by atoms with E-state index in [9.17, 15) is 0 Å². The molecular formula is C19H23NO2. The van der Waals surface area contributed by atoms with Gasteiger partial charge in [-0.1, -0.05) is 19.9 Å². The van der Waals surface area contributed by atoms with Gasteiger partial charge in [-0.25, -0.2) is 0 Å². The fraction of sp³-hybridized carbons (Fsp3) is 0.421. The topological polar surface area (TPSA) is 30.8 Å². The number of hydrogen-bond acceptors (Lipinski definition) is 3. The molecule has 0 aromatic heterocycles. The SMILES string of the molecule is COc1cc(OC)c(C(C)C)cc1C1=NC=C2CCCC=C21. The Kier molecular flexibility index (Phi) is 4.06. The molecule has 1 aromatic rings. The number of nitrogens with zero attached hydrogens (tertiary/aromatic N) is 1. The number of rotatable bonds is 4. The van der Waals surface area contributed by atoms with Crippen LogP contribution in [0.4, 0.5) is 0 Å². The lowest BCUT2D eigenvalue weighted by Gasteiger charge is -2.19. The maximum absolute atomic E-state index is 5.60. The van der Waals surface area contributed by atoms with Gasteiger partial charge in [0.1, 0.15) is 11.5 Å². The van der Waals surface area contributed by atoms with Crippen molar-refractivity contribution in [3.63, 3.8) is 0 Å². The van der Waals surface area contributed by atoms with Crippen molar-refractivity contribution in [2.24, 2.45) is 4.99 Å². The zero-order chi connectivity index (χ0) is 15.7. The van der Waals surface area contributed by atoms with Crippen molar-refractivity contribution in [3.05, 3.63) is 46.7 Å². The van der Waals surface area contributed by atoms with Gasteiger partial charge in [-0.2, -0.15) is 0 Å². The first-order valence-corrected chi connectivity index (χ1v) is 7.89. The average Bonchev–Trinajstić information content (AvgIpc) is 2.97. The van der Waals surface area contributed by atoms with Crippen LogP contribution in [-0.2, 0) is 0 Å². The molecule has 1 aliphatic heterocycles. The van der Waals surface area contributed by atoms with Crippen molar-refractivity contribution in [2.45, 2.75) is 39.0 Å².